The van der Waals surface area contributed by atoms with Crippen LogP contribution in [0.15, 0.2) is 22.7 Å². The van der Waals surface area contributed by atoms with Crippen LogP contribution in [0.4, 0.5) is 4.39 Å². The van der Waals surface area contributed by atoms with E-state index in [0.29, 0.717) is 5.02 Å². The number of hydrogen-bond donors (Lipinski definition) is 0. The minimum absolute atomic E-state index is 0.348. The minimum Gasteiger partial charge on any atom is -0.266 e. The van der Waals surface area contributed by atoms with E-state index in [-0.39, 0.29) is 5.82 Å². The van der Waals surface area contributed by atoms with Gasteiger partial charge in [-0.05, 0) is 40.5 Å². The Morgan fingerprint density at radius 3 is 2.65 bits per heavy atom. The van der Waals surface area contributed by atoms with Crippen LogP contribution in [0.25, 0.3) is 11.3 Å². The maximum Gasteiger partial charge on any atom is 0.125 e. The standard InChI is InChI=1S/C12H11BrClFN2/c1-3-10-11(13)12(17(2)16-10)7-4-8(14)6-9(15)5-7/h4-6H,3H2,1-2H3. The zero-order chi connectivity index (χ0) is 12.6. The van der Waals surface area contributed by atoms with Crippen molar-refractivity contribution in [3.63, 3.8) is 0 Å². The van der Waals surface area contributed by atoms with Crippen molar-refractivity contribution in [2.24, 2.45) is 7.05 Å². The van der Waals surface area contributed by atoms with Gasteiger partial charge in [-0.2, -0.15) is 5.10 Å². The van der Waals surface area contributed by atoms with Crippen LogP contribution >= 0.6 is 27.5 Å². The Bertz CT molecular complexity index is 546. The van der Waals surface area contributed by atoms with E-state index in [1.165, 1.54) is 12.1 Å². The van der Waals surface area contributed by atoms with E-state index < -0.39 is 0 Å². The molecule has 0 aliphatic carbocycles. The van der Waals surface area contributed by atoms with Crippen LogP contribution in [0.5, 0.6) is 0 Å². The number of nitrogens with zero attached hydrogens (tertiary/aromatic N) is 2. The average molecular weight is 318 g/mol. The molecule has 0 N–H and O–H groups in total. The first-order chi connectivity index (χ1) is 8.02. The maximum absolute atomic E-state index is 13.3. The second kappa shape index (κ2) is 4.78. The second-order valence-electron chi connectivity index (χ2n) is 3.74. The fourth-order valence-corrected chi connectivity index (χ4v) is 2.85. The zero-order valence-electron chi connectivity index (χ0n) is 9.47. The van der Waals surface area contributed by atoms with Crippen LogP contribution in [-0.4, -0.2) is 9.78 Å². The molecule has 1 aromatic heterocycles. The molecule has 0 unspecified atom stereocenters. The third-order valence-corrected chi connectivity index (χ3v) is 3.58. The molecule has 0 bridgehead atoms. The Hall–Kier alpha value is -0.870. The largest absolute Gasteiger partial charge is 0.266 e. The predicted molar refractivity (Wildman–Crippen MR) is 70.7 cm³/mol. The van der Waals surface area contributed by atoms with E-state index in [9.17, 15) is 4.39 Å². The van der Waals surface area contributed by atoms with Gasteiger partial charge in [0.15, 0.2) is 0 Å². The van der Waals surface area contributed by atoms with Gasteiger partial charge in [0, 0.05) is 17.6 Å². The molecule has 0 aliphatic heterocycles. The van der Waals surface area contributed by atoms with Crippen molar-refractivity contribution in [3.05, 3.63) is 39.2 Å². The van der Waals surface area contributed by atoms with Gasteiger partial charge in [0.05, 0.1) is 15.9 Å². The number of aromatic nitrogens is 2. The molecule has 2 aromatic rings. The molecule has 17 heavy (non-hydrogen) atoms. The van der Waals surface area contributed by atoms with Crippen molar-refractivity contribution in [1.29, 1.82) is 0 Å². The van der Waals surface area contributed by atoms with Gasteiger partial charge < -0.3 is 0 Å². The van der Waals surface area contributed by atoms with E-state index in [4.69, 9.17) is 11.6 Å². The molecule has 90 valence electrons. The van der Waals surface area contributed by atoms with Gasteiger partial charge in [-0.15, -0.1) is 0 Å². The lowest BCUT2D eigenvalue weighted by molar-refractivity contribution is 0.628. The molecule has 0 spiro atoms. The van der Waals surface area contributed by atoms with Crippen LogP contribution in [-0.2, 0) is 13.5 Å². The smallest absolute Gasteiger partial charge is 0.125 e. The number of aryl methyl sites for hydroxylation is 2. The Kier molecular flexibility index (Phi) is 3.54. The summed E-state index contributed by atoms with van der Waals surface area (Å²) in [4.78, 5) is 0. The van der Waals surface area contributed by atoms with Crippen molar-refractivity contribution in [1.82, 2.24) is 9.78 Å². The highest BCUT2D eigenvalue weighted by Crippen LogP contribution is 2.32. The summed E-state index contributed by atoms with van der Waals surface area (Å²) in [7, 11) is 1.83. The summed E-state index contributed by atoms with van der Waals surface area (Å²) in [6, 6.07) is 4.47. The number of hydrogen-bond acceptors (Lipinski definition) is 1. The number of benzene rings is 1. The molecule has 2 nitrogen and oxygen atoms in total. The SMILES string of the molecule is CCc1nn(C)c(-c2cc(F)cc(Cl)c2)c1Br. The average Bonchev–Trinajstić information content (AvgIpc) is 2.52. The van der Waals surface area contributed by atoms with Gasteiger partial charge in [0.1, 0.15) is 5.82 Å². The van der Waals surface area contributed by atoms with E-state index >= 15 is 0 Å². The highest BCUT2D eigenvalue weighted by molar-refractivity contribution is 9.10. The first-order valence-corrected chi connectivity index (χ1v) is 6.38. The minimum atomic E-state index is -0.348. The molecular formula is C12H11BrClFN2. The first-order valence-electron chi connectivity index (χ1n) is 5.20. The first kappa shape index (κ1) is 12.6. The normalized spacial score (nSPS) is 10.9. The molecule has 0 saturated heterocycles. The zero-order valence-corrected chi connectivity index (χ0v) is 11.8. The summed E-state index contributed by atoms with van der Waals surface area (Å²) in [5.74, 6) is -0.348. The van der Waals surface area contributed by atoms with Gasteiger partial charge in [0.2, 0.25) is 0 Å². The maximum atomic E-state index is 13.3. The second-order valence-corrected chi connectivity index (χ2v) is 4.97. The summed E-state index contributed by atoms with van der Waals surface area (Å²) in [5.41, 5.74) is 2.50. The van der Waals surface area contributed by atoms with Crippen molar-refractivity contribution in [2.45, 2.75) is 13.3 Å². The van der Waals surface area contributed by atoms with Crippen molar-refractivity contribution in [3.8, 4) is 11.3 Å². The predicted octanol–water partition coefficient (Wildman–Crippen LogP) is 4.20. The topological polar surface area (TPSA) is 17.8 Å². The number of rotatable bonds is 2. The molecule has 0 saturated carbocycles. The highest BCUT2D eigenvalue weighted by atomic mass is 79.9. The third kappa shape index (κ3) is 2.38. The van der Waals surface area contributed by atoms with Gasteiger partial charge in [-0.1, -0.05) is 18.5 Å². The summed E-state index contributed by atoms with van der Waals surface area (Å²) in [5, 5.41) is 4.75. The molecule has 0 amide bonds. The van der Waals surface area contributed by atoms with Crippen LogP contribution in [0.1, 0.15) is 12.6 Å². The Labute approximate surface area is 113 Å². The Morgan fingerprint density at radius 2 is 2.12 bits per heavy atom. The van der Waals surface area contributed by atoms with Crippen LogP contribution in [0.3, 0.4) is 0 Å². The van der Waals surface area contributed by atoms with Crippen molar-refractivity contribution >= 4 is 27.5 Å². The third-order valence-electron chi connectivity index (χ3n) is 2.53. The van der Waals surface area contributed by atoms with E-state index in [2.05, 4.69) is 21.0 Å². The summed E-state index contributed by atoms with van der Waals surface area (Å²) in [6.45, 7) is 2.02. The monoisotopic (exact) mass is 316 g/mol. The molecule has 1 heterocycles. The van der Waals surface area contributed by atoms with E-state index in [1.807, 2.05) is 14.0 Å². The molecule has 1 aromatic carbocycles. The Balaban J connectivity index is 2.63. The fourth-order valence-electron chi connectivity index (χ4n) is 1.78. The van der Waals surface area contributed by atoms with E-state index in [1.54, 1.807) is 10.7 Å². The van der Waals surface area contributed by atoms with Gasteiger partial charge in [-0.25, -0.2) is 4.39 Å². The Morgan fingerprint density at radius 1 is 1.41 bits per heavy atom. The van der Waals surface area contributed by atoms with Gasteiger partial charge >= 0.3 is 0 Å². The molecular weight excluding hydrogens is 307 g/mol. The molecule has 2 rings (SSSR count). The van der Waals surface area contributed by atoms with Crippen molar-refractivity contribution in [2.75, 3.05) is 0 Å². The molecule has 0 radical (unpaired) electrons. The summed E-state index contributed by atoms with van der Waals surface area (Å²) in [6.07, 6.45) is 0.817. The van der Waals surface area contributed by atoms with E-state index in [0.717, 1.165) is 27.8 Å². The van der Waals surface area contributed by atoms with Gasteiger partial charge in [0.25, 0.3) is 0 Å². The lowest BCUT2D eigenvalue weighted by Crippen LogP contribution is -1.94. The van der Waals surface area contributed by atoms with Crippen LogP contribution in [0, 0.1) is 5.82 Å². The molecule has 0 atom stereocenters. The molecule has 5 heteroatoms. The lowest BCUT2D eigenvalue weighted by Gasteiger charge is -2.04. The summed E-state index contributed by atoms with van der Waals surface area (Å²) < 4.78 is 16.0. The van der Waals surface area contributed by atoms with Gasteiger partial charge in [-0.3, -0.25) is 4.68 Å². The van der Waals surface area contributed by atoms with Crippen molar-refractivity contribution < 1.29 is 4.39 Å². The number of halogens is 3. The highest BCUT2D eigenvalue weighted by Gasteiger charge is 2.15. The molecule has 0 fully saturated rings. The molecule has 0 aliphatic rings. The van der Waals surface area contributed by atoms with Crippen LogP contribution < -0.4 is 0 Å². The quantitative estimate of drug-likeness (QED) is 0.811. The summed E-state index contributed by atoms with van der Waals surface area (Å²) >= 11 is 9.36. The van der Waals surface area contributed by atoms with Crippen LogP contribution in [0.2, 0.25) is 5.02 Å². The lowest BCUT2D eigenvalue weighted by atomic mass is 10.1. The fraction of sp³-hybridized carbons (Fsp3) is 0.250.